The molecule has 1 saturated heterocycles. The van der Waals surface area contributed by atoms with Crippen molar-refractivity contribution in [1.29, 1.82) is 0 Å². The molecule has 0 radical (unpaired) electrons. The molecule has 0 aromatic carbocycles. The first-order valence-corrected chi connectivity index (χ1v) is 11.4. The second-order valence-corrected chi connectivity index (χ2v) is 8.52. The lowest BCUT2D eigenvalue weighted by Gasteiger charge is -2.38. The number of nitrogens with zero attached hydrogens (tertiary/aromatic N) is 8. The van der Waals surface area contributed by atoms with Crippen molar-refractivity contribution in [3.05, 3.63) is 42.0 Å². The molecule has 3 aromatic rings. The Labute approximate surface area is 186 Å². The molecule has 10 heteroatoms. The minimum absolute atomic E-state index is 0.0166. The van der Waals surface area contributed by atoms with Gasteiger partial charge in [-0.2, -0.15) is 4.98 Å². The van der Waals surface area contributed by atoms with Gasteiger partial charge in [-0.05, 0) is 39.0 Å². The molecular formula is C22H28N8O2. The van der Waals surface area contributed by atoms with Crippen LogP contribution in [0.4, 0.5) is 6.01 Å². The summed E-state index contributed by atoms with van der Waals surface area (Å²) in [6.07, 6.45) is 12.5. The summed E-state index contributed by atoms with van der Waals surface area (Å²) < 4.78 is 7.24. The first kappa shape index (κ1) is 20.6. The van der Waals surface area contributed by atoms with E-state index < -0.39 is 0 Å². The van der Waals surface area contributed by atoms with E-state index in [1.165, 1.54) is 0 Å². The molecule has 168 valence electrons. The van der Waals surface area contributed by atoms with E-state index in [9.17, 15) is 4.79 Å². The highest BCUT2D eigenvalue weighted by atomic mass is 16.5. The number of hydrogen-bond acceptors (Lipinski definition) is 8. The van der Waals surface area contributed by atoms with Crippen molar-refractivity contribution in [1.82, 2.24) is 34.6 Å². The quantitative estimate of drug-likeness (QED) is 0.556. The zero-order valence-electron chi connectivity index (χ0n) is 18.5. The number of piperidine rings is 1. The Balaban J connectivity index is 1.26. The normalized spacial score (nSPS) is 17.0. The molecule has 0 unspecified atom stereocenters. The van der Waals surface area contributed by atoms with Gasteiger partial charge in [-0.25, -0.2) is 15.0 Å². The van der Waals surface area contributed by atoms with Crippen molar-refractivity contribution >= 4 is 11.9 Å². The molecular weight excluding hydrogens is 408 g/mol. The highest BCUT2D eigenvalue weighted by Crippen LogP contribution is 2.33. The van der Waals surface area contributed by atoms with E-state index in [0.29, 0.717) is 23.6 Å². The molecule has 1 amide bonds. The van der Waals surface area contributed by atoms with Gasteiger partial charge in [-0.15, -0.1) is 0 Å². The van der Waals surface area contributed by atoms with Crippen LogP contribution in [0.2, 0.25) is 0 Å². The summed E-state index contributed by atoms with van der Waals surface area (Å²) in [5.41, 5.74) is 0.530. The summed E-state index contributed by atoms with van der Waals surface area (Å²) >= 11 is 0. The van der Waals surface area contributed by atoms with Crippen molar-refractivity contribution in [2.24, 2.45) is 0 Å². The van der Waals surface area contributed by atoms with Gasteiger partial charge in [0, 0.05) is 56.4 Å². The Morgan fingerprint density at radius 1 is 1.12 bits per heavy atom. The van der Waals surface area contributed by atoms with Crippen molar-refractivity contribution in [3.8, 4) is 5.95 Å². The Hall–Kier alpha value is -3.30. The van der Waals surface area contributed by atoms with E-state index in [1.54, 1.807) is 23.2 Å². The summed E-state index contributed by atoms with van der Waals surface area (Å²) in [7, 11) is 0. The van der Waals surface area contributed by atoms with E-state index in [-0.39, 0.29) is 11.9 Å². The number of rotatable bonds is 7. The third-order valence-electron chi connectivity index (χ3n) is 6.16. The van der Waals surface area contributed by atoms with Crippen LogP contribution in [0.15, 0.2) is 29.3 Å². The summed E-state index contributed by atoms with van der Waals surface area (Å²) in [4.78, 5) is 35.1. The van der Waals surface area contributed by atoms with Crippen LogP contribution < -0.4 is 4.90 Å². The maximum Gasteiger partial charge on any atom is 0.324 e. The van der Waals surface area contributed by atoms with Gasteiger partial charge in [0.05, 0.1) is 5.56 Å². The highest BCUT2D eigenvalue weighted by molar-refractivity contribution is 5.94. The minimum atomic E-state index is 0.0166. The van der Waals surface area contributed by atoms with E-state index >= 15 is 0 Å². The molecule has 1 aliphatic heterocycles. The Morgan fingerprint density at radius 2 is 1.84 bits per heavy atom. The molecule has 0 spiro atoms. The molecule has 1 saturated carbocycles. The van der Waals surface area contributed by atoms with Crippen LogP contribution in [0, 0.1) is 6.92 Å². The van der Waals surface area contributed by atoms with E-state index in [2.05, 4.69) is 41.8 Å². The summed E-state index contributed by atoms with van der Waals surface area (Å²) in [5.74, 6) is 2.10. The average Bonchev–Trinajstić information content (AvgIpc) is 3.37. The number of imidazole rings is 1. The first-order chi connectivity index (χ1) is 15.6. The summed E-state index contributed by atoms with van der Waals surface area (Å²) in [6.45, 7) is 5.58. The van der Waals surface area contributed by atoms with Gasteiger partial charge in [0.25, 0.3) is 5.91 Å². The van der Waals surface area contributed by atoms with Crippen LogP contribution >= 0.6 is 0 Å². The second kappa shape index (κ2) is 8.68. The monoisotopic (exact) mass is 436 g/mol. The highest BCUT2D eigenvalue weighted by Gasteiger charge is 2.39. The maximum atomic E-state index is 13.4. The molecule has 5 rings (SSSR count). The fourth-order valence-electron chi connectivity index (χ4n) is 4.31. The number of hydrogen-bond donors (Lipinski definition) is 0. The topological polar surface area (TPSA) is 106 Å². The van der Waals surface area contributed by atoms with Crippen LogP contribution in [-0.4, -0.2) is 65.6 Å². The van der Waals surface area contributed by atoms with E-state index in [0.717, 1.165) is 63.3 Å². The van der Waals surface area contributed by atoms with Gasteiger partial charge >= 0.3 is 6.01 Å². The molecule has 0 atom stereocenters. The number of carbonyl (C=O) groups excluding carboxylic acids is 1. The Bertz CT molecular complexity index is 1060. The fourth-order valence-corrected chi connectivity index (χ4v) is 4.31. The SMILES string of the molecule is CCCc1noc(N2CCC(N(C(=O)c3cnc(-n4ccnc4C)nc3)C3CC3)CC2)n1. The second-order valence-electron chi connectivity index (χ2n) is 8.52. The van der Waals surface area contributed by atoms with Crippen LogP contribution in [-0.2, 0) is 6.42 Å². The number of aryl methyl sites for hydroxylation is 2. The maximum absolute atomic E-state index is 13.4. The van der Waals surface area contributed by atoms with Crippen molar-refractivity contribution < 1.29 is 9.32 Å². The van der Waals surface area contributed by atoms with Gasteiger partial charge in [-0.1, -0.05) is 12.1 Å². The van der Waals surface area contributed by atoms with Gasteiger partial charge in [-0.3, -0.25) is 9.36 Å². The molecule has 0 bridgehead atoms. The van der Waals surface area contributed by atoms with Gasteiger partial charge in [0.2, 0.25) is 5.95 Å². The predicted octanol–water partition coefficient (Wildman–Crippen LogP) is 2.58. The smallest absolute Gasteiger partial charge is 0.324 e. The molecule has 3 aromatic heterocycles. The fraction of sp³-hybridized carbons (Fsp3) is 0.545. The molecule has 1 aliphatic carbocycles. The molecule has 4 heterocycles. The zero-order valence-corrected chi connectivity index (χ0v) is 18.5. The van der Waals surface area contributed by atoms with E-state index in [1.807, 2.05) is 13.1 Å². The first-order valence-electron chi connectivity index (χ1n) is 11.4. The number of anilines is 1. The molecule has 0 N–H and O–H groups in total. The predicted molar refractivity (Wildman–Crippen MR) is 117 cm³/mol. The lowest BCUT2D eigenvalue weighted by Crippen LogP contribution is -2.48. The third kappa shape index (κ3) is 4.09. The average molecular weight is 437 g/mol. The standard InChI is InChI=1S/C22H28N8O2/c1-3-4-19-26-22(32-27-19)28-10-7-18(8-11-28)30(17-5-6-17)20(31)16-13-24-21(25-14-16)29-12-9-23-15(29)2/h9,12-14,17-18H,3-8,10-11H2,1-2H3. The Morgan fingerprint density at radius 3 is 2.47 bits per heavy atom. The van der Waals surface area contributed by atoms with Crippen molar-refractivity contribution in [2.45, 2.75) is 64.5 Å². The van der Waals surface area contributed by atoms with Gasteiger partial charge < -0.3 is 14.3 Å². The number of aromatic nitrogens is 6. The molecule has 2 aliphatic rings. The number of amides is 1. The largest absolute Gasteiger partial charge is 0.332 e. The van der Waals surface area contributed by atoms with Crippen LogP contribution in [0.25, 0.3) is 5.95 Å². The molecule has 10 nitrogen and oxygen atoms in total. The van der Waals surface area contributed by atoms with Gasteiger partial charge in [0.15, 0.2) is 5.82 Å². The van der Waals surface area contributed by atoms with Gasteiger partial charge in [0.1, 0.15) is 5.82 Å². The molecule has 2 fully saturated rings. The number of carbonyl (C=O) groups is 1. The molecule has 32 heavy (non-hydrogen) atoms. The van der Waals surface area contributed by atoms with Crippen LogP contribution in [0.3, 0.4) is 0 Å². The Kier molecular flexibility index (Phi) is 5.59. The van der Waals surface area contributed by atoms with Crippen LogP contribution in [0.1, 0.15) is 61.0 Å². The summed E-state index contributed by atoms with van der Waals surface area (Å²) in [5, 5.41) is 4.06. The lowest BCUT2D eigenvalue weighted by atomic mass is 10.0. The van der Waals surface area contributed by atoms with Crippen LogP contribution in [0.5, 0.6) is 0 Å². The minimum Gasteiger partial charge on any atom is -0.332 e. The lowest BCUT2D eigenvalue weighted by molar-refractivity contribution is 0.0628. The summed E-state index contributed by atoms with van der Waals surface area (Å²) in [6, 6.07) is 1.10. The van der Waals surface area contributed by atoms with E-state index in [4.69, 9.17) is 4.52 Å². The third-order valence-corrected chi connectivity index (χ3v) is 6.16. The van der Waals surface area contributed by atoms with Crippen molar-refractivity contribution in [3.63, 3.8) is 0 Å². The van der Waals surface area contributed by atoms with Crippen molar-refractivity contribution in [2.75, 3.05) is 18.0 Å². The zero-order chi connectivity index (χ0) is 22.1.